The van der Waals surface area contributed by atoms with E-state index < -0.39 is 5.97 Å². The van der Waals surface area contributed by atoms with Gasteiger partial charge in [-0.05, 0) is 12.8 Å². The first-order valence-corrected chi connectivity index (χ1v) is 7.47. The molecule has 0 fully saturated rings. The summed E-state index contributed by atoms with van der Waals surface area (Å²) >= 11 is 0. The van der Waals surface area contributed by atoms with Gasteiger partial charge < -0.3 is 25.2 Å². The molecule has 1 aromatic heterocycles. The second-order valence-electron chi connectivity index (χ2n) is 4.83. The summed E-state index contributed by atoms with van der Waals surface area (Å²) in [4.78, 5) is 10.1. The molecule has 2 N–H and O–H groups in total. The zero-order chi connectivity index (χ0) is 15.1. The van der Waals surface area contributed by atoms with Crippen molar-refractivity contribution < 1.29 is 31.5 Å². The third-order valence-electron chi connectivity index (χ3n) is 2.92. The van der Waals surface area contributed by atoms with Crippen molar-refractivity contribution in [2.45, 2.75) is 71.1 Å². The number of aromatic hydroxyl groups is 1. The zero-order valence-electron chi connectivity index (χ0n) is 12.7. The molecule has 5 nitrogen and oxygen atoms in total. The number of rotatable bonds is 10. The molecule has 0 saturated carbocycles. The van der Waals surface area contributed by atoms with Crippen molar-refractivity contribution in [2.24, 2.45) is 0 Å². The molecule has 0 aliphatic rings. The van der Waals surface area contributed by atoms with Crippen molar-refractivity contribution in [3.63, 3.8) is 0 Å². The zero-order valence-corrected chi connectivity index (χ0v) is 13.7. The van der Waals surface area contributed by atoms with Gasteiger partial charge in [-0.15, -0.1) is 6.20 Å². The van der Waals surface area contributed by atoms with E-state index in [0.717, 1.165) is 12.8 Å². The first-order chi connectivity index (χ1) is 9.66. The van der Waals surface area contributed by atoms with Gasteiger partial charge in [-0.3, -0.25) is 0 Å². The Kier molecular flexibility index (Phi) is 18.0. The maximum absolute atomic E-state index is 10.1. The minimum Gasteiger partial charge on any atom is -0.577 e. The first-order valence-electron chi connectivity index (χ1n) is 7.47. The standard InChI is InChI=1S/C12H24O2.C3H3N2O.Ni/c1-2-3-4-5-6-7-8-9-10-11-12(13)14;6-3-1-2-4-5-3;/h2-11H2,1H3,(H,13,14);1H,(H2,4,5,6);/q;-1;+2/p-1. The number of aromatic nitrogens is 2. The van der Waals surface area contributed by atoms with Crippen LogP contribution in [0.2, 0.25) is 0 Å². The number of nitrogens with zero attached hydrogens (tertiary/aromatic N) is 1. The van der Waals surface area contributed by atoms with E-state index >= 15 is 0 Å². The van der Waals surface area contributed by atoms with Gasteiger partial charge in [0.2, 0.25) is 0 Å². The van der Waals surface area contributed by atoms with Crippen LogP contribution in [0.25, 0.3) is 0 Å². The smallest absolute Gasteiger partial charge is 0.577 e. The van der Waals surface area contributed by atoms with Gasteiger partial charge in [0.15, 0.2) is 0 Å². The second kappa shape index (κ2) is 17.0. The number of nitrogens with one attached hydrogen (secondary N) is 1. The van der Waals surface area contributed by atoms with Gasteiger partial charge in [0.05, 0.1) is 0 Å². The maximum atomic E-state index is 10.1. The number of carboxylic acids is 1. The van der Waals surface area contributed by atoms with E-state index in [2.05, 4.69) is 23.3 Å². The minimum atomic E-state index is -0.909. The van der Waals surface area contributed by atoms with Crippen LogP contribution < -0.4 is 5.11 Å². The van der Waals surface area contributed by atoms with Crippen LogP contribution in [0.3, 0.4) is 0 Å². The van der Waals surface area contributed by atoms with Gasteiger partial charge in [0.25, 0.3) is 0 Å². The molecule has 0 amide bonds. The Hall–Kier alpha value is -1.03. The maximum Gasteiger partial charge on any atom is 2.00 e. The molecule has 1 rings (SSSR count). The van der Waals surface area contributed by atoms with E-state index in [1.165, 1.54) is 51.0 Å². The van der Waals surface area contributed by atoms with Crippen molar-refractivity contribution in [3.05, 3.63) is 12.3 Å². The molecule has 6 heteroatoms. The number of aromatic amines is 1. The quantitative estimate of drug-likeness (QED) is 0.389. The van der Waals surface area contributed by atoms with Crippen LogP contribution in [0.15, 0.2) is 6.07 Å². The van der Waals surface area contributed by atoms with E-state index in [1.807, 2.05) is 0 Å². The molecule has 0 atom stereocenters. The molecule has 1 aromatic rings. The Morgan fingerprint density at radius 2 is 1.71 bits per heavy atom. The number of hydrogen-bond donors (Lipinski definition) is 2. The van der Waals surface area contributed by atoms with Crippen LogP contribution in [0.5, 0.6) is 5.88 Å². The summed E-state index contributed by atoms with van der Waals surface area (Å²) in [5, 5.41) is 24.0. The molecule has 0 saturated heterocycles. The Balaban J connectivity index is 0. The predicted molar refractivity (Wildman–Crippen MR) is 75.9 cm³/mol. The second-order valence-corrected chi connectivity index (χ2v) is 4.83. The number of aliphatic carboxylic acids is 1. The Morgan fingerprint density at radius 1 is 1.19 bits per heavy atom. The van der Waals surface area contributed by atoms with E-state index in [9.17, 15) is 9.90 Å². The average molecular weight is 341 g/mol. The Morgan fingerprint density at radius 3 is 2.05 bits per heavy atom. The molecule has 0 aromatic carbocycles. The molecule has 0 bridgehead atoms. The largest absolute Gasteiger partial charge is 2.00 e. The third-order valence-corrected chi connectivity index (χ3v) is 2.92. The van der Waals surface area contributed by atoms with Crippen molar-refractivity contribution in [2.75, 3.05) is 0 Å². The van der Waals surface area contributed by atoms with E-state index in [4.69, 9.17) is 5.11 Å². The molecular formula is C15H26N2NiO3. The number of hydrogen-bond acceptors (Lipinski definition) is 4. The fourth-order valence-electron chi connectivity index (χ4n) is 1.80. The van der Waals surface area contributed by atoms with Crippen LogP contribution in [-0.2, 0) is 21.3 Å². The molecule has 21 heavy (non-hydrogen) atoms. The molecule has 0 aliphatic heterocycles. The Bertz CT molecular complexity index is 319. The first kappa shape index (κ1) is 22.3. The minimum absolute atomic E-state index is 0. The fourth-order valence-corrected chi connectivity index (χ4v) is 1.80. The van der Waals surface area contributed by atoms with Crippen LogP contribution in [0.1, 0.15) is 71.1 Å². The molecule has 1 heterocycles. The number of carbonyl (C=O) groups excluding carboxylic acids is 1. The van der Waals surface area contributed by atoms with Gasteiger partial charge in [0.1, 0.15) is 0 Å². The van der Waals surface area contributed by atoms with E-state index in [-0.39, 0.29) is 28.8 Å². The van der Waals surface area contributed by atoms with Gasteiger partial charge >= 0.3 is 16.5 Å². The summed E-state index contributed by atoms with van der Waals surface area (Å²) in [6.45, 7) is 2.22. The van der Waals surface area contributed by atoms with Crippen molar-refractivity contribution >= 4 is 5.97 Å². The molecule has 0 radical (unpaired) electrons. The summed E-state index contributed by atoms with van der Waals surface area (Å²) < 4.78 is 0. The number of carbonyl (C=O) groups is 1. The number of unbranched alkanes of at least 4 members (excludes halogenated alkanes) is 8. The van der Waals surface area contributed by atoms with Crippen LogP contribution in [0, 0.1) is 6.20 Å². The van der Waals surface area contributed by atoms with E-state index in [0.29, 0.717) is 0 Å². The van der Waals surface area contributed by atoms with Crippen LogP contribution >= 0.6 is 0 Å². The summed E-state index contributed by atoms with van der Waals surface area (Å²) in [5.74, 6) is -0.858. The SMILES string of the molecule is CCCCCCCCCCCC(=O)[O-].Oc1c[c-]n[nH]1.[Ni+2]. The van der Waals surface area contributed by atoms with Crippen molar-refractivity contribution in [1.82, 2.24) is 10.2 Å². The monoisotopic (exact) mass is 340 g/mol. The normalized spacial score (nSPS) is 9.38. The number of H-pyrrole nitrogens is 1. The molecule has 0 aliphatic carbocycles. The molecule has 0 unspecified atom stereocenters. The molecular weight excluding hydrogens is 315 g/mol. The summed E-state index contributed by atoms with van der Waals surface area (Å²) in [6.07, 6.45) is 13.5. The summed E-state index contributed by atoms with van der Waals surface area (Å²) in [7, 11) is 0. The van der Waals surface area contributed by atoms with Crippen molar-refractivity contribution in [3.8, 4) is 5.88 Å². The number of carboxylic acid groups (broad SMARTS) is 1. The third kappa shape index (κ3) is 19.0. The van der Waals surface area contributed by atoms with Crippen molar-refractivity contribution in [1.29, 1.82) is 0 Å². The fraction of sp³-hybridized carbons (Fsp3) is 0.733. The van der Waals surface area contributed by atoms with Gasteiger partial charge in [-0.2, -0.15) is 6.07 Å². The average Bonchev–Trinajstić information content (AvgIpc) is 2.88. The van der Waals surface area contributed by atoms with Crippen LogP contribution in [0.4, 0.5) is 0 Å². The summed E-state index contributed by atoms with van der Waals surface area (Å²) in [5.41, 5.74) is 0. The van der Waals surface area contributed by atoms with E-state index in [1.54, 1.807) is 0 Å². The van der Waals surface area contributed by atoms with Gasteiger partial charge in [0, 0.05) is 11.8 Å². The molecule has 0 spiro atoms. The topological polar surface area (TPSA) is 89.0 Å². The van der Waals surface area contributed by atoms with Gasteiger partial charge in [-0.1, -0.05) is 58.3 Å². The molecule has 124 valence electrons. The van der Waals surface area contributed by atoms with Crippen LogP contribution in [-0.4, -0.2) is 21.3 Å². The Labute approximate surface area is 137 Å². The summed E-state index contributed by atoms with van der Waals surface area (Å²) in [6, 6.07) is 1.35. The predicted octanol–water partition coefficient (Wildman–Crippen LogP) is 2.57. The van der Waals surface area contributed by atoms with Gasteiger partial charge in [-0.25, -0.2) is 0 Å².